The van der Waals surface area contributed by atoms with Gasteiger partial charge in [0.1, 0.15) is 11.6 Å². The maximum Gasteiger partial charge on any atom is 0.144 e. The lowest BCUT2D eigenvalue weighted by Crippen LogP contribution is -2.11. The van der Waals surface area contributed by atoms with E-state index in [1.165, 1.54) is 6.07 Å². The smallest absolute Gasteiger partial charge is 0.144 e. The summed E-state index contributed by atoms with van der Waals surface area (Å²) in [5.41, 5.74) is 0.518. The van der Waals surface area contributed by atoms with Gasteiger partial charge in [-0.1, -0.05) is 37.6 Å². The van der Waals surface area contributed by atoms with Crippen LogP contribution in [-0.4, -0.2) is 5.78 Å². The number of hydrogen-bond donors (Lipinski definition) is 0. The van der Waals surface area contributed by atoms with E-state index in [1.807, 2.05) is 13.8 Å². The van der Waals surface area contributed by atoms with E-state index in [9.17, 15) is 9.18 Å². The molecule has 1 aromatic carbocycles. The first-order valence-corrected chi connectivity index (χ1v) is 5.89. The number of carbonyl (C=O) groups excluding carboxylic acids is 1. The molecule has 0 heterocycles. The minimum Gasteiger partial charge on any atom is -0.299 e. The molecule has 0 saturated heterocycles. The first-order valence-electron chi connectivity index (χ1n) is 5.51. The Morgan fingerprint density at radius 2 is 2.19 bits per heavy atom. The van der Waals surface area contributed by atoms with Crippen LogP contribution in [0.15, 0.2) is 18.2 Å². The fraction of sp³-hybridized carbons (Fsp3) is 0.462. The normalized spacial score (nSPS) is 12.5. The molecule has 0 bridgehead atoms. The maximum absolute atomic E-state index is 13.5. The van der Waals surface area contributed by atoms with Crippen LogP contribution in [0.1, 0.15) is 32.3 Å². The van der Waals surface area contributed by atoms with E-state index < -0.39 is 5.82 Å². The molecule has 0 fully saturated rings. The largest absolute Gasteiger partial charge is 0.299 e. The Morgan fingerprint density at radius 3 is 2.81 bits per heavy atom. The lowest BCUT2D eigenvalue weighted by molar-refractivity contribution is -0.122. The van der Waals surface area contributed by atoms with Crippen molar-refractivity contribution in [2.75, 3.05) is 0 Å². The molecule has 1 nitrogen and oxygen atoms in total. The Morgan fingerprint density at radius 1 is 1.50 bits per heavy atom. The lowest BCUT2D eigenvalue weighted by Gasteiger charge is -2.08. The van der Waals surface area contributed by atoms with Gasteiger partial charge in [0, 0.05) is 12.3 Å². The Bertz CT molecular complexity index is 376. The van der Waals surface area contributed by atoms with Gasteiger partial charge in [-0.15, -0.1) is 0 Å². The molecule has 0 radical (unpaired) electrons. The monoisotopic (exact) mass is 242 g/mol. The van der Waals surface area contributed by atoms with Gasteiger partial charge in [0.05, 0.1) is 5.02 Å². The topological polar surface area (TPSA) is 17.1 Å². The summed E-state index contributed by atoms with van der Waals surface area (Å²) in [5.74, 6) is -0.162. The van der Waals surface area contributed by atoms with Crippen molar-refractivity contribution in [3.63, 3.8) is 0 Å². The predicted molar refractivity (Wildman–Crippen MR) is 64.2 cm³/mol. The van der Waals surface area contributed by atoms with Gasteiger partial charge >= 0.3 is 0 Å². The second-order valence-electron chi connectivity index (χ2n) is 3.99. The first-order chi connectivity index (χ1) is 7.56. The molecule has 0 aliphatic rings. The van der Waals surface area contributed by atoms with Crippen molar-refractivity contribution in [2.45, 2.75) is 33.1 Å². The van der Waals surface area contributed by atoms with Crippen molar-refractivity contribution in [3.8, 4) is 0 Å². The fourth-order valence-corrected chi connectivity index (χ4v) is 1.67. The van der Waals surface area contributed by atoms with Crippen LogP contribution in [0.5, 0.6) is 0 Å². The van der Waals surface area contributed by atoms with Gasteiger partial charge in [0.25, 0.3) is 0 Å². The molecule has 0 spiro atoms. The molecule has 1 rings (SSSR count). The van der Waals surface area contributed by atoms with Crippen molar-refractivity contribution in [3.05, 3.63) is 34.6 Å². The molecule has 0 N–H and O–H groups in total. The highest BCUT2D eigenvalue weighted by Crippen LogP contribution is 2.19. The number of carbonyl (C=O) groups is 1. The Balaban J connectivity index is 2.61. The summed E-state index contributed by atoms with van der Waals surface area (Å²) in [6.45, 7) is 3.87. The number of Topliss-reactive ketones (excluding diaryl/α,β-unsaturated/α-hetero) is 1. The lowest BCUT2D eigenvalue weighted by atomic mass is 9.97. The van der Waals surface area contributed by atoms with Crippen LogP contribution < -0.4 is 0 Å². The molecule has 1 atom stereocenters. The van der Waals surface area contributed by atoms with Crippen LogP contribution in [-0.2, 0) is 11.2 Å². The van der Waals surface area contributed by atoms with Crippen molar-refractivity contribution in [1.29, 1.82) is 0 Å². The molecule has 0 amide bonds. The second-order valence-corrected chi connectivity index (χ2v) is 4.40. The van der Waals surface area contributed by atoms with E-state index in [0.29, 0.717) is 18.4 Å². The minimum atomic E-state index is -0.402. The molecule has 1 aromatic rings. The van der Waals surface area contributed by atoms with Crippen LogP contribution in [0.4, 0.5) is 4.39 Å². The second kappa shape index (κ2) is 6.00. The quantitative estimate of drug-likeness (QED) is 0.762. The van der Waals surface area contributed by atoms with Crippen LogP contribution in [0, 0.1) is 11.7 Å². The highest BCUT2D eigenvalue weighted by Gasteiger charge is 2.12. The maximum atomic E-state index is 13.5. The van der Waals surface area contributed by atoms with Crippen molar-refractivity contribution < 1.29 is 9.18 Å². The number of benzene rings is 1. The van der Waals surface area contributed by atoms with E-state index in [0.717, 1.165) is 6.42 Å². The number of halogens is 2. The number of rotatable bonds is 5. The summed E-state index contributed by atoms with van der Waals surface area (Å²) < 4.78 is 13.5. The van der Waals surface area contributed by atoms with E-state index >= 15 is 0 Å². The average molecular weight is 243 g/mol. The summed E-state index contributed by atoms with van der Waals surface area (Å²) in [6.07, 6.45) is 1.64. The van der Waals surface area contributed by atoms with Crippen LogP contribution in [0.3, 0.4) is 0 Å². The third kappa shape index (κ3) is 3.31. The first kappa shape index (κ1) is 13.2. The summed E-state index contributed by atoms with van der Waals surface area (Å²) in [7, 11) is 0. The molecular weight excluding hydrogens is 227 g/mol. The van der Waals surface area contributed by atoms with Crippen LogP contribution in [0.2, 0.25) is 5.02 Å². The zero-order chi connectivity index (χ0) is 12.1. The average Bonchev–Trinajstić information content (AvgIpc) is 2.29. The number of hydrogen-bond acceptors (Lipinski definition) is 1. The van der Waals surface area contributed by atoms with Crippen molar-refractivity contribution in [2.24, 2.45) is 5.92 Å². The summed E-state index contributed by atoms with van der Waals surface area (Å²) in [4.78, 5) is 11.6. The molecule has 0 saturated carbocycles. The van der Waals surface area contributed by atoms with Crippen molar-refractivity contribution in [1.82, 2.24) is 0 Å². The highest BCUT2D eigenvalue weighted by atomic mass is 35.5. The zero-order valence-corrected chi connectivity index (χ0v) is 10.4. The minimum absolute atomic E-state index is 0.0576. The van der Waals surface area contributed by atoms with Crippen LogP contribution in [0.25, 0.3) is 0 Å². The van der Waals surface area contributed by atoms with Crippen LogP contribution >= 0.6 is 11.6 Å². The summed E-state index contributed by atoms with van der Waals surface area (Å²) in [5, 5.41) is 0.119. The summed E-state index contributed by atoms with van der Waals surface area (Å²) >= 11 is 5.66. The predicted octanol–water partition coefficient (Wildman–Crippen LogP) is 4.03. The zero-order valence-electron chi connectivity index (χ0n) is 9.59. The Kier molecular flexibility index (Phi) is 4.94. The van der Waals surface area contributed by atoms with Gasteiger partial charge in [0.2, 0.25) is 0 Å². The van der Waals surface area contributed by atoms with E-state index in [-0.39, 0.29) is 16.7 Å². The Labute approximate surface area is 101 Å². The van der Waals surface area contributed by atoms with E-state index in [1.54, 1.807) is 12.1 Å². The van der Waals surface area contributed by atoms with E-state index in [4.69, 9.17) is 11.6 Å². The third-order valence-corrected chi connectivity index (χ3v) is 3.13. The molecule has 16 heavy (non-hydrogen) atoms. The highest BCUT2D eigenvalue weighted by molar-refractivity contribution is 6.30. The fourth-order valence-electron chi connectivity index (χ4n) is 1.47. The molecule has 3 heteroatoms. The molecule has 88 valence electrons. The Hall–Kier alpha value is -0.890. The van der Waals surface area contributed by atoms with Gasteiger partial charge in [0.15, 0.2) is 0 Å². The van der Waals surface area contributed by atoms with Gasteiger partial charge in [-0.25, -0.2) is 4.39 Å². The summed E-state index contributed by atoms with van der Waals surface area (Å²) in [6, 6.07) is 4.89. The van der Waals surface area contributed by atoms with Gasteiger partial charge in [-0.3, -0.25) is 4.79 Å². The van der Waals surface area contributed by atoms with E-state index in [2.05, 4.69) is 0 Å². The standard InChI is InChI=1S/C13H16ClFO/c1-3-9(2)12(16)8-7-10-5-4-6-11(14)13(10)15/h4-6,9H,3,7-8H2,1-2H3/t9-/m1/s1. The number of ketones is 1. The molecular formula is C13H16ClFO. The van der Waals surface area contributed by atoms with Gasteiger partial charge in [-0.05, 0) is 24.5 Å². The molecule has 0 aromatic heterocycles. The van der Waals surface area contributed by atoms with Gasteiger partial charge in [-0.2, -0.15) is 0 Å². The number of aryl methyl sites for hydroxylation is 1. The third-order valence-electron chi connectivity index (χ3n) is 2.83. The molecule has 0 unspecified atom stereocenters. The van der Waals surface area contributed by atoms with Gasteiger partial charge < -0.3 is 0 Å². The molecule has 0 aliphatic heterocycles. The SMILES string of the molecule is CC[C@@H](C)C(=O)CCc1cccc(Cl)c1F. The molecule has 0 aliphatic carbocycles. The van der Waals surface area contributed by atoms with Crippen molar-refractivity contribution >= 4 is 17.4 Å².